The summed E-state index contributed by atoms with van der Waals surface area (Å²) in [6.45, 7) is -0.121. The molecule has 1 atom stereocenters. The standard InChI is InChI=1S/C17H20N2O12/c1-12(20)30-15-8-4-3-7-14(15)17(22)28-11-27-16(21)9-5-2-6-13(31-19(25)26)10-29-18(23)24/h3-4,7-8,13H,2,5-6,9-11H2,1H3. The number of carbonyl (C=O) groups is 3. The minimum absolute atomic E-state index is 0.00103. The molecule has 1 rings (SSSR count). The molecule has 0 saturated carbocycles. The average molecular weight is 444 g/mol. The molecule has 1 aromatic carbocycles. The largest absolute Gasteiger partial charge is 0.428 e. The highest BCUT2D eigenvalue weighted by Crippen LogP contribution is 2.19. The molecule has 31 heavy (non-hydrogen) atoms. The van der Waals surface area contributed by atoms with Crippen LogP contribution in [0.1, 0.15) is 43.0 Å². The van der Waals surface area contributed by atoms with Crippen LogP contribution in [0.25, 0.3) is 0 Å². The number of para-hydroxylation sites is 1. The van der Waals surface area contributed by atoms with Crippen molar-refractivity contribution in [3.8, 4) is 5.75 Å². The van der Waals surface area contributed by atoms with Crippen LogP contribution in [0, 0.1) is 20.2 Å². The molecule has 1 unspecified atom stereocenters. The maximum atomic E-state index is 12.0. The summed E-state index contributed by atoms with van der Waals surface area (Å²) in [5.74, 6) is -2.19. The average Bonchev–Trinajstić information content (AvgIpc) is 2.68. The third-order valence-electron chi connectivity index (χ3n) is 3.53. The number of ether oxygens (including phenoxy) is 3. The third-order valence-corrected chi connectivity index (χ3v) is 3.53. The molecule has 0 spiro atoms. The lowest BCUT2D eigenvalue weighted by atomic mass is 10.1. The summed E-state index contributed by atoms with van der Waals surface area (Å²) in [6.07, 6.45) is -0.732. The van der Waals surface area contributed by atoms with Gasteiger partial charge in [-0.05, 0) is 25.0 Å². The van der Waals surface area contributed by atoms with Crippen LogP contribution in [0.2, 0.25) is 0 Å². The highest BCUT2D eigenvalue weighted by molar-refractivity contribution is 5.93. The summed E-state index contributed by atoms with van der Waals surface area (Å²) in [4.78, 5) is 63.6. The number of hydrogen-bond acceptors (Lipinski definition) is 12. The predicted octanol–water partition coefficient (Wildman–Crippen LogP) is 1.61. The van der Waals surface area contributed by atoms with Gasteiger partial charge in [0.2, 0.25) is 6.79 Å². The molecule has 0 N–H and O–H groups in total. The molecule has 0 amide bonds. The summed E-state index contributed by atoms with van der Waals surface area (Å²) in [5, 5.41) is 18.3. The molecular weight excluding hydrogens is 424 g/mol. The van der Waals surface area contributed by atoms with Crippen molar-refractivity contribution in [3.63, 3.8) is 0 Å². The Morgan fingerprint density at radius 1 is 1.03 bits per heavy atom. The Morgan fingerprint density at radius 2 is 1.74 bits per heavy atom. The first kappa shape index (κ1) is 25.1. The molecule has 0 aromatic heterocycles. The van der Waals surface area contributed by atoms with E-state index < -0.39 is 47.6 Å². The lowest BCUT2D eigenvalue weighted by Crippen LogP contribution is -2.24. The Kier molecular flexibility index (Phi) is 10.7. The van der Waals surface area contributed by atoms with Crippen LogP contribution in [0.15, 0.2) is 24.3 Å². The van der Waals surface area contributed by atoms with Crippen molar-refractivity contribution in [2.45, 2.75) is 38.7 Å². The van der Waals surface area contributed by atoms with E-state index in [1.54, 1.807) is 6.07 Å². The van der Waals surface area contributed by atoms with Crippen LogP contribution in [0.3, 0.4) is 0 Å². The van der Waals surface area contributed by atoms with Gasteiger partial charge in [0.05, 0.1) is 0 Å². The zero-order valence-corrected chi connectivity index (χ0v) is 16.4. The molecule has 14 heteroatoms. The zero-order valence-electron chi connectivity index (χ0n) is 16.4. The van der Waals surface area contributed by atoms with Crippen molar-refractivity contribution in [1.29, 1.82) is 0 Å². The topological polar surface area (TPSA) is 184 Å². The molecule has 0 aliphatic rings. The Balaban J connectivity index is 2.33. The monoisotopic (exact) mass is 444 g/mol. The fourth-order valence-corrected chi connectivity index (χ4v) is 2.25. The van der Waals surface area contributed by atoms with Crippen LogP contribution in [-0.2, 0) is 28.7 Å². The second-order valence-electron chi connectivity index (χ2n) is 5.87. The zero-order chi connectivity index (χ0) is 23.2. The number of esters is 3. The van der Waals surface area contributed by atoms with Gasteiger partial charge in [-0.2, -0.15) is 0 Å². The van der Waals surface area contributed by atoms with Crippen molar-refractivity contribution < 1.29 is 48.4 Å². The Hall–Kier alpha value is -3.97. The molecule has 0 radical (unpaired) electrons. The first-order valence-electron chi connectivity index (χ1n) is 8.87. The van der Waals surface area contributed by atoms with Crippen molar-refractivity contribution in [2.75, 3.05) is 13.4 Å². The smallest absolute Gasteiger partial charge is 0.344 e. The fraction of sp³-hybridized carbons (Fsp3) is 0.471. The third kappa shape index (κ3) is 11.0. The quantitative estimate of drug-likeness (QED) is 0.101. The van der Waals surface area contributed by atoms with E-state index in [4.69, 9.17) is 14.2 Å². The minimum Gasteiger partial charge on any atom is -0.428 e. The van der Waals surface area contributed by atoms with E-state index in [-0.39, 0.29) is 37.0 Å². The number of nitrogens with zero attached hydrogens (tertiary/aromatic N) is 2. The number of rotatable bonds is 14. The number of hydrogen-bond donors (Lipinski definition) is 0. The highest BCUT2D eigenvalue weighted by Gasteiger charge is 2.17. The van der Waals surface area contributed by atoms with Crippen molar-refractivity contribution in [1.82, 2.24) is 0 Å². The van der Waals surface area contributed by atoms with Crippen LogP contribution < -0.4 is 4.74 Å². The van der Waals surface area contributed by atoms with Gasteiger partial charge < -0.3 is 23.9 Å². The molecule has 0 aliphatic carbocycles. The number of benzene rings is 1. The summed E-state index contributed by atoms with van der Waals surface area (Å²) in [5.41, 5.74) is -0.0254. The second kappa shape index (κ2) is 13.3. The van der Waals surface area contributed by atoms with Crippen molar-refractivity contribution in [2.24, 2.45) is 0 Å². The summed E-state index contributed by atoms with van der Waals surface area (Å²) >= 11 is 0. The van der Waals surface area contributed by atoms with Crippen LogP contribution in [0.5, 0.6) is 5.75 Å². The second-order valence-corrected chi connectivity index (χ2v) is 5.87. The number of unbranched alkanes of at least 4 members (excludes halogenated alkanes) is 1. The van der Waals surface area contributed by atoms with E-state index in [9.17, 15) is 34.6 Å². The molecule has 170 valence electrons. The molecule has 0 fully saturated rings. The van der Waals surface area contributed by atoms with Crippen LogP contribution >= 0.6 is 0 Å². The van der Waals surface area contributed by atoms with Crippen molar-refractivity contribution in [3.05, 3.63) is 50.1 Å². The molecular formula is C17H20N2O12. The predicted molar refractivity (Wildman–Crippen MR) is 97.4 cm³/mol. The Bertz CT molecular complexity index is 797. The van der Waals surface area contributed by atoms with E-state index in [1.807, 2.05) is 0 Å². The summed E-state index contributed by atoms with van der Waals surface area (Å²) in [7, 11) is 0. The van der Waals surface area contributed by atoms with Gasteiger partial charge in [-0.25, -0.2) is 4.79 Å². The molecule has 1 aromatic rings. The normalized spacial score (nSPS) is 11.0. The van der Waals surface area contributed by atoms with Gasteiger partial charge in [0, 0.05) is 13.3 Å². The SMILES string of the molecule is CC(=O)Oc1ccccc1C(=O)OCOC(=O)CCCCC(CO[N+](=O)[O-])O[N+](=O)[O-]. The Labute approximate surface area is 175 Å². The van der Waals surface area contributed by atoms with E-state index in [0.717, 1.165) is 0 Å². The molecule has 14 nitrogen and oxygen atoms in total. The highest BCUT2D eigenvalue weighted by atomic mass is 17.0. The molecule has 0 bridgehead atoms. The first-order valence-corrected chi connectivity index (χ1v) is 8.87. The van der Waals surface area contributed by atoms with Crippen LogP contribution in [0.4, 0.5) is 0 Å². The fourth-order valence-electron chi connectivity index (χ4n) is 2.25. The minimum atomic E-state index is -1.16. The van der Waals surface area contributed by atoms with E-state index >= 15 is 0 Å². The first-order chi connectivity index (χ1) is 14.7. The van der Waals surface area contributed by atoms with Gasteiger partial charge in [0.15, 0.2) is 0 Å². The van der Waals surface area contributed by atoms with Gasteiger partial charge in [-0.15, -0.1) is 20.2 Å². The lowest BCUT2D eigenvalue weighted by Gasteiger charge is -2.13. The van der Waals surface area contributed by atoms with Gasteiger partial charge in [-0.3, -0.25) is 9.59 Å². The molecule has 0 aliphatic heterocycles. The van der Waals surface area contributed by atoms with Gasteiger partial charge in [0.1, 0.15) is 24.0 Å². The van der Waals surface area contributed by atoms with Gasteiger partial charge in [-0.1, -0.05) is 18.6 Å². The van der Waals surface area contributed by atoms with E-state index in [1.165, 1.54) is 25.1 Å². The van der Waals surface area contributed by atoms with E-state index in [2.05, 4.69) is 9.68 Å². The van der Waals surface area contributed by atoms with Crippen LogP contribution in [-0.4, -0.2) is 47.6 Å². The van der Waals surface area contributed by atoms with Gasteiger partial charge >= 0.3 is 17.9 Å². The Morgan fingerprint density at radius 3 is 2.39 bits per heavy atom. The summed E-state index contributed by atoms with van der Waals surface area (Å²) in [6, 6.07) is 5.85. The molecule has 0 saturated heterocycles. The lowest BCUT2D eigenvalue weighted by molar-refractivity contribution is -0.790. The maximum Gasteiger partial charge on any atom is 0.344 e. The summed E-state index contributed by atoms with van der Waals surface area (Å²) < 4.78 is 14.5. The maximum absolute atomic E-state index is 12.0. The van der Waals surface area contributed by atoms with Crippen molar-refractivity contribution >= 4 is 17.9 Å². The molecule has 0 heterocycles. The van der Waals surface area contributed by atoms with E-state index in [0.29, 0.717) is 0 Å². The van der Waals surface area contributed by atoms with Gasteiger partial charge in [0.25, 0.3) is 10.2 Å². The number of carbonyl (C=O) groups excluding carboxylic acids is 3.